The standard InChI is InChI=1S/C37H78NO3P/c1-4-7-10-12-14-16-18-20-22-24-26-28-30-32-35-38(42(39,40)41-37-34-9-6-3)36-33-31-29-27-25-23-21-19-17-15-13-11-8-5-2/h4-37H2,1-3H3,(H,39,40). The summed E-state index contributed by atoms with van der Waals surface area (Å²) in [5.74, 6) is 0. The molecule has 0 aliphatic carbocycles. The van der Waals surface area contributed by atoms with Crippen molar-refractivity contribution in [3.05, 3.63) is 0 Å². The summed E-state index contributed by atoms with van der Waals surface area (Å²) in [6.07, 6.45) is 40.3. The maximum absolute atomic E-state index is 13.1. The van der Waals surface area contributed by atoms with Crippen LogP contribution in [0.5, 0.6) is 0 Å². The first-order valence-corrected chi connectivity index (χ1v) is 20.8. The molecule has 0 aliphatic rings. The van der Waals surface area contributed by atoms with Crippen molar-refractivity contribution in [3.8, 4) is 0 Å². The van der Waals surface area contributed by atoms with Crippen molar-refractivity contribution in [3.63, 3.8) is 0 Å². The average Bonchev–Trinajstić information content (AvgIpc) is 2.98. The zero-order chi connectivity index (χ0) is 30.8. The van der Waals surface area contributed by atoms with Crippen molar-refractivity contribution < 1.29 is 14.0 Å². The predicted molar refractivity (Wildman–Crippen MR) is 187 cm³/mol. The lowest BCUT2D eigenvalue weighted by atomic mass is 10.0. The molecule has 0 saturated carbocycles. The third kappa shape index (κ3) is 30.1. The molecule has 0 aromatic carbocycles. The van der Waals surface area contributed by atoms with Crippen LogP contribution in [0.1, 0.15) is 220 Å². The van der Waals surface area contributed by atoms with E-state index in [2.05, 4.69) is 20.8 Å². The largest absolute Gasteiger partial charge is 0.405 e. The predicted octanol–water partition coefficient (Wildman–Crippen LogP) is 13.6. The maximum Gasteiger partial charge on any atom is 0.405 e. The number of rotatable bonds is 36. The van der Waals surface area contributed by atoms with Gasteiger partial charge >= 0.3 is 7.75 Å². The number of unbranched alkanes of at least 4 members (excludes halogenated alkanes) is 28. The Morgan fingerprint density at radius 2 is 0.643 bits per heavy atom. The fourth-order valence-electron chi connectivity index (χ4n) is 5.96. The summed E-state index contributed by atoms with van der Waals surface area (Å²) in [5, 5.41) is 0. The highest BCUT2D eigenvalue weighted by atomic mass is 31.2. The van der Waals surface area contributed by atoms with Crippen molar-refractivity contribution in [1.82, 2.24) is 4.67 Å². The second kappa shape index (κ2) is 34.0. The van der Waals surface area contributed by atoms with Crippen molar-refractivity contribution >= 4 is 7.75 Å². The van der Waals surface area contributed by atoms with Crippen LogP contribution in [0, 0.1) is 0 Å². The van der Waals surface area contributed by atoms with Gasteiger partial charge in [0, 0.05) is 13.1 Å². The van der Waals surface area contributed by atoms with E-state index in [1.54, 1.807) is 4.67 Å². The molecule has 0 heterocycles. The third-order valence-corrected chi connectivity index (χ3v) is 10.5. The van der Waals surface area contributed by atoms with Crippen molar-refractivity contribution in [2.24, 2.45) is 0 Å². The first kappa shape index (κ1) is 42.1. The molecule has 4 nitrogen and oxygen atoms in total. The van der Waals surface area contributed by atoms with Gasteiger partial charge in [0.25, 0.3) is 0 Å². The minimum absolute atomic E-state index is 0.398. The Labute approximate surface area is 265 Å². The molecule has 0 fully saturated rings. The maximum atomic E-state index is 13.1. The molecule has 0 radical (unpaired) electrons. The van der Waals surface area contributed by atoms with Crippen LogP contribution in [0.4, 0.5) is 0 Å². The highest BCUT2D eigenvalue weighted by Gasteiger charge is 2.28. The van der Waals surface area contributed by atoms with E-state index in [-0.39, 0.29) is 0 Å². The Hall–Kier alpha value is 0.110. The van der Waals surface area contributed by atoms with Crippen molar-refractivity contribution in [2.75, 3.05) is 19.7 Å². The number of nitrogens with zero attached hydrogens (tertiary/aromatic N) is 1. The normalized spacial score (nSPS) is 13.3. The summed E-state index contributed by atoms with van der Waals surface area (Å²) in [4.78, 5) is 10.7. The van der Waals surface area contributed by atoms with Crippen LogP contribution in [-0.2, 0) is 9.09 Å². The molecule has 0 spiro atoms. The van der Waals surface area contributed by atoms with Crippen LogP contribution in [-0.4, -0.2) is 29.3 Å². The molecule has 0 amide bonds. The van der Waals surface area contributed by atoms with Gasteiger partial charge in [-0.05, 0) is 19.3 Å². The molecule has 5 heteroatoms. The summed E-state index contributed by atoms with van der Waals surface area (Å²) >= 11 is 0. The van der Waals surface area contributed by atoms with E-state index < -0.39 is 7.75 Å². The third-order valence-electron chi connectivity index (χ3n) is 8.90. The molecular weight excluding hydrogens is 537 g/mol. The highest BCUT2D eigenvalue weighted by molar-refractivity contribution is 7.50. The quantitative estimate of drug-likeness (QED) is 0.0562. The summed E-state index contributed by atoms with van der Waals surface area (Å²) in [7, 11) is -3.68. The first-order chi connectivity index (χ1) is 20.6. The smallest absolute Gasteiger partial charge is 0.312 e. The van der Waals surface area contributed by atoms with Crippen LogP contribution in [0.3, 0.4) is 0 Å². The lowest BCUT2D eigenvalue weighted by molar-refractivity contribution is 0.194. The monoisotopic (exact) mass is 616 g/mol. The van der Waals surface area contributed by atoms with Crippen LogP contribution < -0.4 is 0 Å². The minimum atomic E-state index is -3.68. The van der Waals surface area contributed by atoms with E-state index in [1.165, 1.54) is 154 Å². The van der Waals surface area contributed by atoms with Gasteiger partial charge in [-0.25, -0.2) is 9.24 Å². The van der Waals surface area contributed by atoms with E-state index >= 15 is 0 Å². The molecule has 0 rings (SSSR count). The van der Waals surface area contributed by atoms with Gasteiger partial charge in [0.1, 0.15) is 0 Å². The molecule has 0 aliphatic heterocycles. The van der Waals surface area contributed by atoms with Gasteiger partial charge in [-0.3, -0.25) is 4.52 Å². The molecule has 0 aromatic heterocycles. The summed E-state index contributed by atoms with van der Waals surface area (Å²) in [5.41, 5.74) is 0. The van der Waals surface area contributed by atoms with Gasteiger partial charge in [-0.15, -0.1) is 0 Å². The SMILES string of the molecule is CCCCCCCCCCCCCCCCN(CCCCCCCCCCCCCCCC)P(=O)(O)OCCCCC. The Morgan fingerprint density at radius 1 is 0.405 bits per heavy atom. The van der Waals surface area contributed by atoms with Crippen molar-refractivity contribution in [2.45, 2.75) is 220 Å². The van der Waals surface area contributed by atoms with Crippen LogP contribution >= 0.6 is 7.75 Å². The van der Waals surface area contributed by atoms with E-state index in [0.717, 1.165) is 44.9 Å². The number of hydrogen-bond donors (Lipinski definition) is 1. The Morgan fingerprint density at radius 3 is 0.929 bits per heavy atom. The molecule has 42 heavy (non-hydrogen) atoms. The Balaban J connectivity index is 3.99. The van der Waals surface area contributed by atoms with Gasteiger partial charge in [-0.2, -0.15) is 0 Å². The van der Waals surface area contributed by atoms with Gasteiger partial charge in [-0.1, -0.05) is 201 Å². The fourth-order valence-corrected chi connectivity index (χ4v) is 7.28. The Kier molecular flexibility index (Phi) is 34.1. The van der Waals surface area contributed by atoms with E-state index in [4.69, 9.17) is 4.52 Å². The van der Waals surface area contributed by atoms with E-state index in [9.17, 15) is 9.46 Å². The molecule has 0 saturated heterocycles. The lowest BCUT2D eigenvalue weighted by Crippen LogP contribution is -2.24. The summed E-state index contributed by atoms with van der Waals surface area (Å²) < 4.78 is 20.4. The van der Waals surface area contributed by atoms with Crippen LogP contribution in [0.15, 0.2) is 0 Å². The molecule has 1 N–H and O–H groups in total. The summed E-state index contributed by atoms with van der Waals surface area (Å²) in [6.45, 7) is 8.50. The topological polar surface area (TPSA) is 49.8 Å². The zero-order valence-corrected chi connectivity index (χ0v) is 30.1. The fraction of sp³-hybridized carbons (Fsp3) is 1.00. The molecule has 1 atom stereocenters. The molecule has 0 bridgehead atoms. The highest BCUT2D eigenvalue weighted by Crippen LogP contribution is 2.46. The van der Waals surface area contributed by atoms with Gasteiger partial charge in [0.2, 0.25) is 0 Å². The number of hydrogen-bond acceptors (Lipinski definition) is 2. The average molecular weight is 616 g/mol. The molecule has 254 valence electrons. The van der Waals surface area contributed by atoms with E-state index in [0.29, 0.717) is 19.7 Å². The minimum Gasteiger partial charge on any atom is -0.312 e. The van der Waals surface area contributed by atoms with Crippen LogP contribution in [0.2, 0.25) is 0 Å². The van der Waals surface area contributed by atoms with Gasteiger partial charge in [0.05, 0.1) is 6.61 Å². The van der Waals surface area contributed by atoms with Gasteiger partial charge in [0.15, 0.2) is 0 Å². The summed E-state index contributed by atoms with van der Waals surface area (Å²) in [6, 6.07) is 0. The van der Waals surface area contributed by atoms with Crippen LogP contribution in [0.25, 0.3) is 0 Å². The zero-order valence-electron chi connectivity index (χ0n) is 29.2. The Bertz CT molecular complexity index is 527. The molecule has 0 aromatic rings. The van der Waals surface area contributed by atoms with Gasteiger partial charge < -0.3 is 4.89 Å². The first-order valence-electron chi connectivity index (χ1n) is 19.3. The second-order valence-electron chi connectivity index (χ2n) is 13.2. The van der Waals surface area contributed by atoms with Crippen molar-refractivity contribution in [1.29, 1.82) is 0 Å². The lowest BCUT2D eigenvalue weighted by Gasteiger charge is -2.26. The van der Waals surface area contributed by atoms with E-state index in [1.807, 2.05) is 0 Å². The second-order valence-corrected chi connectivity index (χ2v) is 15.0. The molecule has 1 unspecified atom stereocenters. The molecular formula is C37H78NO3P.